The molecular weight excluding hydrogens is 252 g/mol. The molecule has 2 aromatic rings. The van der Waals surface area contributed by atoms with Crippen molar-refractivity contribution in [2.45, 2.75) is 27.2 Å². The number of fused-ring (bicyclic) bond motifs is 1. The van der Waals surface area contributed by atoms with Crippen LogP contribution in [0.2, 0.25) is 0 Å². The number of nitrogens with one attached hydrogen (secondary N) is 1. The standard InChI is InChI=1S/C16H20N2O2/c1-16(2,3)8-9-17-14-12(15(19)20)10-11-6-4-5-7-13(11)18-14/h4-7,10H,8-9H2,1-3H3,(H,17,18)(H,19,20). The van der Waals surface area contributed by atoms with Crippen molar-refractivity contribution >= 4 is 22.7 Å². The van der Waals surface area contributed by atoms with Gasteiger partial charge < -0.3 is 10.4 Å². The van der Waals surface area contributed by atoms with Crippen LogP contribution in [0, 0.1) is 5.41 Å². The zero-order valence-corrected chi connectivity index (χ0v) is 12.1. The van der Waals surface area contributed by atoms with E-state index in [1.807, 2.05) is 24.3 Å². The fourth-order valence-electron chi connectivity index (χ4n) is 1.97. The lowest BCUT2D eigenvalue weighted by atomic mass is 9.92. The Morgan fingerprint density at radius 3 is 2.65 bits per heavy atom. The lowest BCUT2D eigenvalue weighted by molar-refractivity contribution is 0.0698. The highest BCUT2D eigenvalue weighted by molar-refractivity contribution is 5.98. The van der Waals surface area contributed by atoms with E-state index >= 15 is 0 Å². The monoisotopic (exact) mass is 272 g/mol. The Bertz CT molecular complexity index is 630. The van der Waals surface area contributed by atoms with Gasteiger partial charge in [0.2, 0.25) is 0 Å². The number of benzene rings is 1. The summed E-state index contributed by atoms with van der Waals surface area (Å²) >= 11 is 0. The molecule has 0 saturated heterocycles. The average molecular weight is 272 g/mol. The first kappa shape index (κ1) is 14.3. The molecule has 106 valence electrons. The van der Waals surface area contributed by atoms with Crippen molar-refractivity contribution in [2.24, 2.45) is 5.41 Å². The molecule has 0 spiro atoms. The summed E-state index contributed by atoms with van der Waals surface area (Å²) in [7, 11) is 0. The van der Waals surface area contributed by atoms with Gasteiger partial charge in [-0.25, -0.2) is 9.78 Å². The predicted molar refractivity (Wildman–Crippen MR) is 81.3 cm³/mol. The number of carbonyl (C=O) groups is 1. The SMILES string of the molecule is CC(C)(C)CCNc1nc2ccccc2cc1C(=O)O. The van der Waals surface area contributed by atoms with Crippen LogP contribution < -0.4 is 5.32 Å². The molecule has 0 amide bonds. The van der Waals surface area contributed by atoms with Gasteiger partial charge in [-0.05, 0) is 24.0 Å². The number of para-hydroxylation sites is 1. The maximum atomic E-state index is 11.3. The number of hydrogen-bond acceptors (Lipinski definition) is 3. The molecule has 0 radical (unpaired) electrons. The molecule has 1 aromatic heterocycles. The van der Waals surface area contributed by atoms with Crippen molar-refractivity contribution in [3.05, 3.63) is 35.9 Å². The van der Waals surface area contributed by atoms with E-state index < -0.39 is 5.97 Å². The molecule has 1 aromatic carbocycles. The first-order chi connectivity index (χ1) is 9.37. The first-order valence-electron chi connectivity index (χ1n) is 6.74. The average Bonchev–Trinajstić information content (AvgIpc) is 2.36. The Morgan fingerprint density at radius 2 is 2.00 bits per heavy atom. The van der Waals surface area contributed by atoms with Gasteiger partial charge in [0, 0.05) is 11.9 Å². The van der Waals surface area contributed by atoms with Gasteiger partial charge in [0.15, 0.2) is 0 Å². The molecule has 0 atom stereocenters. The maximum Gasteiger partial charge on any atom is 0.339 e. The quantitative estimate of drug-likeness (QED) is 0.889. The van der Waals surface area contributed by atoms with E-state index in [0.29, 0.717) is 12.4 Å². The molecule has 0 bridgehead atoms. The van der Waals surface area contributed by atoms with Gasteiger partial charge in [-0.15, -0.1) is 0 Å². The Balaban J connectivity index is 2.30. The van der Waals surface area contributed by atoms with Crippen molar-refractivity contribution in [1.82, 2.24) is 4.98 Å². The summed E-state index contributed by atoms with van der Waals surface area (Å²) in [4.78, 5) is 15.8. The van der Waals surface area contributed by atoms with Gasteiger partial charge in [-0.1, -0.05) is 39.0 Å². The Labute approximate surface area is 118 Å². The second-order valence-corrected chi connectivity index (χ2v) is 6.12. The summed E-state index contributed by atoms with van der Waals surface area (Å²) in [6.07, 6.45) is 0.945. The highest BCUT2D eigenvalue weighted by atomic mass is 16.4. The molecule has 0 saturated carbocycles. The number of rotatable bonds is 4. The van der Waals surface area contributed by atoms with E-state index in [2.05, 4.69) is 31.1 Å². The number of aromatic carboxylic acids is 1. The van der Waals surface area contributed by atoms with Crippen LogP contribution in [0.4, 0.5) is 5.82 Å². The molecule has 0 aliphatic carbocycles. The van der Waals surface area contributed by atoms with Crippen molar-refractivity contribution in [1.29, 1.82) is 0 Å². The maximum absolute atomic E-state index is 11.3. The first-order valence-corrected chi connectivity index (χ1v) is 6.74. The molecule has 4 nitrogen and oxygen atoms in total. The Hall–Kier alpha value is -2.10. The minimum absolute atomic E-state index is 0.202. The molecule has 0 aliphatic rings. The van der Waals surface area contributed by atoms with E-state index in [1.54, 1.807) is 6.07 Å². The normalized spacial score (nSPS) is 11.6. The van der Waals surface area contributed by atoms with Gasteiger partial charge in [0.25, 0.3) is 0 Å². The minimum atomic E-state index is -0.957. The van der Waals surface area contributed by atoms with Crippen molar-refractivity contribution in [2.75, 3.05) is 11.9 Å². The topological polar surface area (TPSA) is 62.2 Å². The van der Waals surface area contributed by atoms with Crippen molar-refractivity contribution in [3.8, 4) is 0 Å². The fraction of sp³-hybridized carbons (Fsp3) is 0.375. The van der Waals surface area contributed by atoms with Gasteiger partial charge in [0.05, 0.1) is 5.52 Å². The summed E-state index contributed by atoms with van der Waals surface area (Å²) in [5.41, 5.74) is 1.22. The third kappa shape index (κ3) is 3.47. The van der Waals surface area contributed by atoms with E-state index in [4.69, 9.17) is 0 Å². The fourth-order valence-corrected chi connectivity index (χ4v) is 1.97. The predicted octanol–water partition coefficient (Wildman–Crippen LogP) is 3.78. The summed E-state index contributed by atoms with van der Waals surface area (Å²) in [5, 5.41) is 13.3. The number of carboxylic acid groups (broad SMARTS) is 1. The smallest absolute Gasteiger partial charge is 0.339 e. The van der Waals surface area contributed by atoms with Crippen LogP contribution >= 0.6 is 0 Å². The highest BCUT2D eigenvalue weighted by Crippen LogP contribution is 2.22. The molecule has 0 unspecified atom stereocenters. The van der Waals surface area contributed by atoms with E-state index in [1.165, 1.54) is 0 Å². The lowest BCUT2D eigenvalue weighted by Crippen LogP contribution is -2.15. The van der Waals surface area contributed by atoms with Gasteiger partial charge >= 0.3 is 5.97 Å². The Morgan fingerprint density at radius 1 is 1.30 bits per heavy atom. The van der Waals surface area contributed by atoms with Crippen molar-refractivity contribution in [3.63, 3.8) is 0 Å². The van der Waals surface area contributed by atoms with Crippen LogP contribution in [0.1, 0.15) is 37.6 Å². The third-order valence-corrected chi connectivity index (χ3v) is 3.12. The van der Waals surface area contributed by atoms with Gasteiger partial charge in [0.1, 0.15) is 11.4 Å². The summed E-state index contributed by atoms with van der Waals surface area (Å²) < 4.78 is 0. The van der Waals surface area contributed by atoms with E-state index in [-0.39, 0.29) is 11.0 Å². The second-order valence-electron chi connectivity index (χ2n) is 6.12. The van der Waals surface area contributed by atoms with Crippen LogP contribution in [0.25, 0.3) is 10.9 Å². The molecular formula is C16H20N2O2. The Kier molecular flexibility index (Phi) is 3.93. The zero-order chi connectivity index (χ0) is 14.8. The van der Waals surface area contributed by atoms with Crippen LogP contribution in [0.15, 0.2) is 30.3 Å². The van der Waals surface area contributed by atoms with E-state index in [0.717, 1.165) is 17.3 Å². The highest BCUT2D eigenvalue weighted by Gasteiger charge is 2.14. The number of aromatic nitrogens is 1. The van der Waals surface area contributed by atoms with Gasteiger partial charge in [-0.2, -0.15) is 0 Å². The molecule has 0 fully saturated rings. The third-order valence-electron chi connectivity index (χ3n) is 3.12. The second kappa shape index (κ2) is 5.49. The summed E-state index contributed by atoms with van der Waals surface area (Å²) in [6, 6.07) is 9.20. The van der Waals surface area contributed by atoms with Crippen LogP contribution in [-0.4, -0.2) is 22.6 Å². The van der Waals surface area contributed by atoms with Gasteiger partial charge in [-0.3, -0.25) is 0 Å². The number of anilines is 1. The largest absolute Gasteiger partial charge is 0.478 e. The van der Waals surface area contributed by atoms with Crippen LogP contribution in [0.3, 0.4) is 0 Å². The molecule has 0 aliphatic heterocycles. The summed E-state index contributed by atoms with van der Waals surface area (Å²) in [5.74, 6) is -0.512. The number of hydrogen-bond donors (Lipinski definition) is 2. The number of pyridine rings is 1. The van der Waals surface area contributed by atoms with Crippen molar-refractivity contribution < 1.29 is 9.90 Å². The molecule has 20 heavy (non-hydrogen) atoms. The number of carboxylic acids is 1. The zero-order valence-electron chi connectivity index (χ0n) is 12.1. The van der Waals surface area contributed by atoms with Crippen LogP contribution in [0.5, 0.6) is 0 Å². The molecule has 4 heteroatoms. The lowest BCUT2D eigenvalue weighted by Gasteiger charge is -2.19. The molecule has 2 rings (SSSR count). The van der Waals surface area contributed by atoms with E-state index in [9.17, 15) is 9.90 Å². The minimum Gasteiger partial charge on any atom is -0.478 e. The van der Waals surface area contributed by atoms with Crippen LogP contribution in [-0.2, 0) is 0 Å². The molecule has 1 heterocycles. The molecule has 2 N–H and O–H groups in total. The summed E-state index contributed by atoms with van der Waals surface area (Å²) in [6.45, 7) is 7.16. The number of nitrogens with zero attached hydrogens (tertiary/aromatic N) is 1.